The van der Waals surface area contributed by atoms with E-state index in [9.17, 15) is 23.3 Å². The molecule has 1 heterocycles. The van der Waals surface area contributed by atoms with Gasteiger partial charge >= 0.3 is 5.97 Å². The summed E-state index contributed by atoms with van der Waals surface area (Å²) in [6.45, 7) is 0. The van der Waals surface area contributed by atoms with Gasteiger partial charge in [-0.15, -0.1) is 4.83 Å². The van der Waals surface area contributed by atoms with Crippen LogP contribution in [0.2, 0.25) is 0 Å². The van der Waals surface area contributed by atoms with Gasteiger partial charge in [0.15, 0.2) is 0 Å². The molecule has 0 aliphatic rings. The molecule has 2 aromatic rings. The van der Waals surface area contributed by atoms with E-state index in [4.69, 9.17) is 0 Å². The van der Waals surface area contributed by atoms with Crippen molar-refractivity contribution in [3.05, 3.63) is 58.3 Å². The maximum absolute atomic E-state index is 12.3. The lowest BCUT2D eigenvalue weighted by Crippen LogP contribution is -2.31. The summed E-state index contributed by atoms with van der Waals surface area (Å²) in [6.07, 6.45) is 0.971. The molecule has 0 saturated heterocycles. The van der Waals surface area contributed by atoms with Crippen molar-refractivity contribution in [1.29, 1.82) is 0 Å². The molecular weight excluding hydrogens is 340 g/mol. The topological polar surface area (TPSA) is 141 Å². The van der Waals surface area contributed by atoms with E-state index in [2.05, 4.69) is 15.1 Å². The number of methoxy groups -OCH3 is 1. The minimum absolute atomic E-state index is 0.0414. The Kier molecular flexibility index (Phi) is 5.06. The van der Waals surface area contributed by atoms with Crippen molar-refractivity contribution >= 4 is 27.5 Å². The van der Waals surface area contributed by atoms with Gasteiger partial charge in [-0.1, -0.05) is 12.1 Å². The molecule has 0 spiro atoms. The van der Waals surface area contributed by atoms with Crippen LogP contribution in [0.5, 0.6) is 0 Å². The van der Waals surface area contributed by atoms with E-state index in [-0.39, 0.29) is 22.0 Å². The van der Waals surface area contributed by atoms with Crippen molar-refractivity contribution in [3.63, 3.8) is 0 Å². The van der Waals surface area contributed by atoms with E-state index in [1.54, 1.807) is 0 Å². The first-order valence-electron chi connectivity index (χ1n) is 6.41. The van der Waals surface area contributed by atoms with Crippen molar-refractivity contribution in [1.82, 2.24) is 9.82 Å². The summed E-state index contributed by atoms with van der Waals surface area (Å²) in [5.74, 6) is -0.760. The van der Waals surface area contributed by atoms with Crippen molar-refractivity contribution < 1.29 is 22.9 Å². The summed E-state index contributed by atoms with van der Waals surface area (Å²) >= 11 is 0. The number of nitrogens with zero attached hydrogens (tertiary/aromatic N) is 2. The average Bonchev–Trinajstić information content (AvgIpc) is 2.59. The second kappa shape index (κ2) is 7.02. The van der Waals surface area contributed by atoms with Gasteiger partial charge in [-0.05, 0) is 18.2 Å². The first kappa shape index (κ1) is 17.3. The van der Waals surface area contributed by atoms with Gasteiger partial charge in [0.25, 0.3) is 15.7 Å². The minimum atomic E-state index is -4.11. The maximum atomic E-state index is 12.3. The molecule has 0 unspecified atom stereocenters. The second-order valence-corrected chi connectivity index (χ2v) is 6.03. The predicted octanol–water partition coefficient (Wildman–Crippen LogP) is 1.08. The number of hydrogen-bond donors (Lipinski definition) is 2. The third kappa shape index (κ3) is 3.83. The number of carbonyl (C=O) groups excluding carboxylic acids is 1. The summed E-state index contributed by atoms with van der Waals surface area (Å²) in [4.78, 5) is 27.0. The molecule has 0 aliphatic heterocycles. The Morgan fingerprint density at radius 1 is 1.25 bits per heavy atom. The lowest BCUT2D eigenvalue weighted by atomic mass is 10.2. The molecule has 0 aliphatic carbocycles. The Labute approximate surface area is 136 Å². The number of benzene rings is 1. The third-order valence-electron chi connectivity index (χ3n) is 2.85. The quantitative estimate of drug-likeness (QED) is 0.447. The largest absolute Gasteiger partial charge is 0.465 e. The van der Waals surface area contributed by atoms with Crippen molar-refractivity contribution in [2.45, 2.75) is 4.90 Å². The SMILES string of the molecule is COC(=O)c1ccccc1S(=O)(=O)NNc1ccc([N+](=O)[O-])cn1. The fraction of sp³-hybridized carbons (Fsp3) is 0.0769. The van der Waals surface area contributed by atoms with E-state index in [1.165, 1.54) is 30.3 Å². The van der Waals surface area contributed by atoms with Gasteiger partial charge in [0, 0.05) is 6.07 Å². The van der Waals surface area contributed by atoms with Gasteiger partial charge in [0.2, 0.25) is 0 Å². The first-order valence-corrected chi connectivity index (χ1v) is 7.89. The Balaban J connectivity index is 2.20. The molecule has 0 saturated carbocycles. The molecule has 10 nitrogen and oxygen atoms in total. The summed E-state index contributed by atoms with van der Waals surface area (Å²) < 4.78 is 29.2. The second-order valence-electron chi connectivity index (χ2n) is 4.38. The van der Waals surface area contributed by atoms with Crippen molar-refractivity contribution in [2.24, 2.45) is 0 Å². The lowest BCUT2D eigenvalue weighted by molar-refractivity contribution is -0.385. The number of rotatable bonds is 6. The van der Waals surface area contributed by atoms with Crippen LogP contribution in [0.4, 0.5) is 11.5 Å². The number of carbonyl (C=O) groups is 1. The van der Waals surface area contributed by atoms with E-state index in [0.29, 0.717) is 0 Å². The van der Waals surface area contributed by atoms with Gasteiger partial charge in [0.1, 0.15) is 12.0 Å². The van der Waals surface area contributed by atoms with Gasteiger partial charge in [-0.25, -0.2) is 18.2 Å². The number of esters is 1. The highest BCUT2D eigenvalue weighted by molar-refractivity contribution is 7.89. The Morgan fingerprint density at radius 3 is 2.54 bits per heavy atom. The predicted molar refractivity (Wildman–Crippen MR) is 82.6 cm³/mol. The minimum Gasteiger partial charge on any atom is -0.465 e. The Morgan fingerprint density at radius 2 is 1.96 bits per heavy atom. The van der Waals surface area contributed by atoms with Crippen LogP contribution in [0.25, 0.3) is 0 Å². The summed E-state index contributed by atoms with van der Waals surface area (Å²) in [6, 6.07) is 7.88. The van der Waals surface area contributed by atoms with Crippen molar-refractivity contribution in [3.8, 4) is 0 Å². The lowest BCUT2D eigenvalue weighted by Gasteiger charge is -2.11. The number of nitrogens with one attached hydrogen (secondary N) is 2. The summed E-state index contributed by atoms with van der Waals surface area (Å²) in [5.41, 5.74) is 1.94. The normalized spacial score (nSPS) is 10.9. The van der Waals surface area contributed by atoms with Crippen LogP contribution in [-0.2, 0) is 14.8 Å². The van der Waals surface area contributed by atoms with Gasteiger partial charge in [0.05, 0.1) is 22.5 Å². The number of hydrazine groups is 1. The van der Waals surface area contributed by atoms with Crippen LogP contribution in [0, 0.1) is 10.1 Å². The Hall–Kier alpha value is -3.05. The van der Waals surface area contributed by atoms with Gasteiger partial charge in [-0.3, -0.25) is 15.5 Å². The van der Waals surface area contributed by atoms with Crippen LogP contribution in [-0.4, -0.2) is 31.4 Å². The molecule has 1 aromatic carbocycles. The zero-order chi connectivity index (χ0) is 17.7. The molecule has 0 fully saturated rings. The number of aromatic nitrogens is 1. The van der Waals surface area contributed by atoms with Crippen molar-refractivity contribution in [2.75, 3.05) is 12.5 Å². The zero-order valence-electron chi connectivity index (χ0n) is 12.3. The highest BCUT2D eigenvalue weighted by Gasteiger charge is 2.22. The van der Waals surface area contributed by atoms with Gasteiger partial charge in [-0.2, -0.15) is 0 Å². The summed E-state index contributed by atoms with van der Waals surface area (Å²) in [7, 11) is -2.97. The molecule has 24 heavy (non-hydrogen) atoms. The van der Waals surface area contributed by atoms with Gasteiger partial charge < -0.3 is 4.74 Å². The number of anilines is 1. The number of sulfonamides is 1. The molecule has 0 amide bonds. The molecule has 2 N–H and O–H groups in total. The third-order valence-corrected chi connectivity index (χ3v) is 4.16. The zero-order valence-corrected chi connectivity index (χ0v) is 13.1. The van der Waals surface area contributed by atoms with E-state index in [1.807, 2.05) is 4.83 Å². The van der Waals surface area contributed by atoms with E-state index in [0.717, 1.165) is 19.4 Å². The van der Waals surface area contributed by atoms with E-state index >= 15 is 0 Å². The highest BCUT2D eigenvalue weighted by Crippen LogP contribution is 2.17. The van der Waals surface area contributed by atoms with E-state index < -0.39 is 20.9 Å². The molecule has 0 atom stereocenters. The highest BCUT2D eigenvalue weighted by atomic mass is 32.2. The smallest absolute Gasteiger partial charge is 0.339 e. The number of nitro groups is 1. The number of hydrogen-bond acceptors (Lipinski definition) is 8. The van der Waals surface area contributed by atoms with Crippen LogP contribution in [0.15, 0.2) is 47.5 Å². The number of ether oxygens (including phenoxy) is 1. The molecule has 2 rings (SSSR count). The van der Waals surface area contributed by atoms with Crippen LogP contribution in [0.3, 0.4) is 0 Å². The van der Waals surface area contributed by atoms with Crippen LogP contribution in [0.1, 0.15) is 10.4 Å². The van der Waals surface area contributed by atoms with Crippen LogP contribution < -0.4 is 10.3 Å². The molecular formula is C13H12N4O6S. The average molecular weight is 352 g/mol. The molecule has 126 valence electrons. The van der Waals surface area contributed by atoms with Crippen LogP contribution >= 0.6 is 0 Å². The molecule has 1 aromatic heterocycles. The molecule has 11 heteroatoms. The maximum Gasteiger partial charge on any atom is 0.339 e. The summed E-state index contributed by atoms with van der Waals surface area (Å²) in [5, 5.41) is 10.5. The molecule has 0 bridgehead atoms. The standard InChI is InChI=1S/C13H12N4O6S/c1-23-13(18)10-4-2-3-5-11(10)24(21,22)16-15-12-7-6-9(8-14-12)17(19)20/h2-8,16H,1H3,(H,14,15). The fourth-order valence-corrected chi connectivity index (χ4v) is 2.77. The Bertz CT molecular complexity index is 866. The first-order chi connectivity index (χ1) is 11.3. The fourth-order valence-electron chi connectivity index (χ4n) is 1.72. The number of pyridine rings is 1. The molecule has 0 radical (unpaired) electrons. The monoisotopic (exact) mass is 352 g/mol.